The van der Waals surface area contributed by atoms with Crippen molar-refractivity contribution in [2.45, 2.75) is 26.2 Å². The monoisotopic (exact) mass is 375 g/mol. The molecule has 0 bridgehead atoms. The summed E-state index contributed by atoms with van der Waals surface area (Å²) in [6, 6.07) is 8.06. The zero-order valence-corrected chi connectivity index (χ0v) is 15.9. The highest BCUT2D eigenvalue weighted by Crippen LogP contribution is 2.21. The molecule has 1 aliphatic rings. The summed E-state index contributed by atoms with van der Waals surface area (Å²) >= 11 is 1.67. The van der Waals surface area contributed by atoms with Crippen LogP contribution < -0.4 is 5.32 Å². The number of carbonyl (C=O) groups excluding carboxylic acids is 2. The number of rotatable bonds is 7. The predicted octanol–water partition coefficient (Wildman–Crippen LogP) is 2.23. The first-order valence-electron chi connectivity index (χ1n) is 9.16. The van der Waals surface area contributed by atoms with Crippen molar-refractivity contribution >= 4 is 33.4 Å². The highest BCUT2D eigenvalue weighted by Gasteiger charge is 2.27. The quantitative estimate of drug-likeness (QED) is 0.752. The third-order valence-corrected chi connectivity index (χ3v) is 5.59. The highest BCUT2D eigenvalue weighted by atomic mass is 32.1. The highest BCUT2D eigenvalue weighted by molar-refractivity contribution is 7.18. The number of hydrogen-bond acceptors (Lipinski definition) is 6. The zero-order valence-electron chi connectivity index (χ0n) is 15.1. The molecule has 0 radical (unpaired) electrons. The Morgan fingerprint density at radius 1 is 1.38 bits per heavy atom. The van der Waals surface area contributed by atoms with Crippen molar-refractivity contribution < 1.29 is 14.3 Å². The first-order valence-corrected chi connectivity index (χ1v) is 9.97. The number of esters is 1. The molecular weight excluding hydrogens is 350 g/mol. The molecule has 1 aliphatic heterocycles. The Bertz CT molecular complexity index is 728. The third-order valence-electron chi connectivity index (χ3n) is 4.49. The van der Waals surface area contributed by atoms with Crippen molar-refractivity contribution in [2.24, 2.45) is 5.92 Å². The molecule has 2 heterocycles. The standard InChI is InChI=1S/C19H25N3O3S/c1-2-25-19(24)14-6-5-11-22(12-14)13-17(23)20-10-9-18-21-15-7-3-4-8-16(15)26-18/h3-4,7-8,14H,2,5-6,9-13H2,1H3,(H,20,23). The van der Waals surface area contributed by atoms with Crippen LogP contribution in [0.15, 0.2) is 24.3 Å². The van der Waals surface area contributed by atoms with Crippen LogP contribution in [0.25, 0.3) is 10.2 Å². The van der Waals surface area contributed by atoms with Gasteiger partial charge in [-0.05, 0) is 38.4 Å². The molecule has 0 aliphatic carbocycles. The molecule has 1 fully saturated rings. The minimum Gasteiger partial charge on any atom is -0.466 e. The predicted molar refractivity (Wildman–Crippen MR) is 102 cm³/mol. The number of para-hydroxylation sites is 1. The van der Waals surface area contributed by atoms with E-state index in [9.17, 15) is 9.59 Å². The smallest absolute Gasteiger partial charge is 0.310 e. The maximum atomic E-state index is 12.2. The second-order valence-electron chi connectivity index (χ2n) is 6.50. The van der Waals surface area contributed by atoms with Gasteiger partial charge in [-0.2, -0.15) is 0 Å². The lowest BCUT2D eigenvalue weighted by molar-refractivity contribution is -0.150. The topological polar surface area (TPSA) is 71.5 Å². The van der Waals surface area contributed by atoms with E-state index in [0.29, 0.717) is 26.2 Å². The van der Waals surface area contributed by atoms with E-state index >= 15 is 0 Å². The second kappa shape index (κ2) is 9.09. The Morgan fingerprint density at radius 2 is 2.23 bits per heavy atom. The van der Waals surface area contributed by atoms with E-state index in [4.69, 9.17) is 4.74 Å². The van der Waals surface area contributed by atoms with Gasteiger partial charge < -0.3 is 10.1 Å². The summed E-state index contributed by atoms with van der Waals surface area (Å²) in [5.74, 6) is -0.261. The van der Waals surface area contributed by atoms with Gasteiger partial charge in [0.1, 0.15) is 0 Å². The number of ether oxygens (including phenoxy) is 1. The molecule has 3 rings (SSSR count). The number of piperidine rings is 1. The van der Waals surface area contributed by atoms with Crippen LogP contribution in [0.3, 0.4) is 0 Å². The number of likely N-dealkylation sites (tertiary alicyclic amines) is 1. The molecule has 26 heavy (non-hydrogen) atoms. The van der Waals surface area contributed by atoms with Crippen molar-refractivity contribution in [3.05, 3.63) is 29.3 Å². The van der Waals surface area contributed by atoms with Crippen LogP contribution in [0.5, 0.6) is 0 Å². The second-order valence-corrected chi connectivity index (χ2v) is 7.62. The fraction of sp³-hybridized carbons (Fsp3) is 0.526. The molecular formula is C19H25N3O3S. The van der Waals surface area contributed by atoms with Gasteiger partial charge in [-0.15, -0.1) is 11.3 Å². The van der Waals surface area contributed by atoms with Gasteiger partial charge in [-0.1, -0.05) is 12.1 Å². The van der Waals surface area contributed by atoms with E-state index in [1.165, 1.54) is 4.70 Å². The summed E-state index contributed by atoms with van der Waals surface area (Å²) < 4.78 is 6.27. The maximum Gasteiger partial charge on any atom is 0.310 e. The van der Waals surface area contributed by atoms with Gasteiger partial charge in [-0.25, -0.2) is 4.98 Å². The van der Waals surface area contributed by atoms with Gasteiger partial charge in [0.15, 0.2) is 0 Å². The Morgan fingerprint density at radius 3 is 3.04 bits per heavy atom. The number of fused-ring (bicyclic) bond motifs is 1. The van der Waals surface area contributed by atoms with Gasteiger partial charge in [0.25, 0.3) is 0 Å². The number of nitrogens with one attached hydrogen (secondary N) is 1. The fourth-order valence-electron chi connectivity index (χ4n) is 3.25. The van der Waals surface area contributed by atoms with Crippen LogP contribution in [0, 0.1) is 5.92 Å². The van der Waals surface area contributed by atoms with Crippen molar-refractivity contribution in [3.8, 4) is 0 Å². The van der Waals surface area contributed by atoms with E-state index in [1.54, 1.807) is 11.3 Å². The lowest BCUT2D eigenvalue weighted by Gasteiger charge is -2.30. The number of benzene rings is 1. The Balaban J connectivity index is 1.41. The molecule has 1 unspecified atom stereocenters. The van der Waals surface area contributed by atoms with Crippen LogP contribution in [-0.2, 0) is 20.7 Å². The van der Waals surface area contributed by atoms with E-state index in [-0.39, 0.29) is 17.8 Å². The summed E-state index contributed by atoms with van der Waals surface area (Å²) in [4.78, 5) is 30.7. The summed E-state index contributed by atoms with van der Waals surface area (Å²) in [7, 11) is 0. The molecule has 1 aromatic carbocycles. The van der Waals surface area contributed by atoms with E-state index in [0.717, 1.165) is 36.3 Å². The Labute approximate surface area is 157 Å². The van der Waals surface area contributed by atoms with E-state index in [2.05, 4.69) is 16.4 Å². The fourth-order valence-corrected chi connectivity index (χ4v) is 4.21. The summed E-state index contributed by atoms with van der Waals surface area (Å²) in [5.41, 5.74) is 1.01. The first kappa shape index (κ1) is 18.8. The lowest BCUT2D eigenvalue weighted by Crippen LogP contribution is -2.44. The Hall–Kier alpha value is -1.99. The zero-order chi connectivity index (χ0) is 18.4. The SMILES string of the molecule is CCOC(=O)C1CCCN(CC(=O)NCCc2nc3ccccc3s2)C1. The largest absolute Gasteiger partial charge is 0.466 e. The minimum atomic E-state index is -0.145. The maximum absolute atomic E-state index is 12.2. The number of thiazole rings is 1. The van der Waals surface area contributed by atoms with Gasteiger partial charge in [0.05, 0.1) is 34.3 Å². The molecule has 0 saturated carbocycles. The number of nitrogens with zero attached hydrogens (tertiary/aromatic N) is 2. The molecule has 0 spiro atoms. The van der Waals surface area contributed by atoms with Crippen LogP contribution in [0.4, 0.5) is 0 Å². The Kier molecular flexibility index (Phi) is 6.57. The van der Waals surface area contributed by atoms with Crippen LogP contribution in [0.1, 0.15) is 24.8 Å². The van der Waals surface area contributed by atoms with Crippen molar-refractivity contribution in [1.82, 2.24) is 15.2 Å². The van der Waals surface area contributed by atoms with Crippen LogP contribution >= 0.6 is 11.3 Å². The average molecular weight is 375 g/mol. The minimum absolute atomic E-state index is 0.00406. The summed E-state index contributed by atoms with van der Waals surface area (Å²) in [5, 5.41) is 4.00. The van der Waals surface area contributed by atoms with Crippen molar-refractivity contribution in [2.75, 3.05) is 32.8 Å². The van der Waals surface area contributed by atoms with Gasteiger partial charge in [0, 0.05) is 19.5 Å². The van der Waals surface area contributed by atoms with Crippen LogP contribution in [-0.4, -0.2) is 54.5 Å². The first-order chi connectivity index (χ1) is 12.7. The lowest BCUT2D eigenvalue weighted by atomic mass is 9.98. The summed E-state index contributed by atoms with van der Waals surface area (Å²) in [6.07, 6.45) is 2.49. The number of hydrogen-bond donors (Lipinski definition) is 1. The average Bonchev–Trinajstić information content (AvgIpc) is 3.05. The van der Waals surface area contributed by atoms with Gasteiger partial charge in [-0.3, -0.25) is 14.5 Å². The van der Waals surface area contributed by atoms with Crippen molar-refractivity contribution in [3.63, 3.8) is 0 Å². The van der Waals surface area contributed by atoms with Gasteiger partial charge >= 0.3 is 5.97 Å². The third kappa shape index (κ3) is 5.02. The molecule has 140 valence electrons. The van der Waals surface area contributed by atoms with Crippen molar-refractivity contribution in [1.29, 1.82) is 0 Å². The van der Waals surface area contributed by atoms with E-state index < -0.39 is 0 Å². The molecule has 7 heteroatoms. The molecule has 1 saturated heterocycles. The number of aromatic nitrogens is 1. The number of carbonyl (C=O) groups is 2. The number of amides is 1. The normalized spacial score (nSPS) is 18.0. The molecule has 1 aromatic heterocycles. The molecule has 1 amide bonds. The summed E-state index contributed by atoms with van der Waals surface area (Å²) in [6.45, 7) is 4.58. The van der Waals surface area contributed by atoms with Gasteiger partial charge in [0.2, 0.25) is 5.91 Å². The van der Waals surface area contributed by atoms with E-state index in [1.807, 2.05) is 30.0 Å². The molecule has 6 nitrogen and oxygen atoms in total. The molecule has 2 aromatic rings. The van der Waals surface area contributed by atoms with Crippen LogP contribution in [0.2, 0.25) is 0 Å². The molecule has 1 atom stereocenters. The molecule has 1 N–H and O–H groups in total.